The first-order chi connectivity index (χ1) is 9.84. The summed E-state index contributed by atoms with van der Waals surface area (Å²) in [5.74, 6) is 0.538. The van der Waals surface area contributed by atoms with Crippen LogP contribution < -0.4 is 11.1 Å². The number of nitrogens with one attached hydrogen (secondary N) is 1. The molecule has 2 aromatic carbocycles. The first kappa shape index (κ1) is 12.4. The van der Waals surface area contributed by atoms with Crippen LogP contribution in [0.4, 0.5) is 11.5 Å². The number of para-hydroxylation sites is 2. The van der Waals surface area contributed by atoms with Crippen molar-refractivity contribution in [3.63, 3.8) is 0 Å². The molecule has 0 spiro atoms. The number of benzene rings is 2. The van der Waals surface area contributed by atoms with Gasteiger partial charge in [0, 0.05) is 17.6 Å². The van der Waals surface area contributed by atoms with Gasteiger partial charge in [0.2, 0.25) is 0 Å². The molecule has 100 valence electrons. The molecule has 0 saturated carbocycles. The highest BCUT2D eigenvalue weighted by Crippen LogP contribution is 2.20. The molecular formula is C16H16N4. The smallest absolute Gasteiger partial charge is 0.134 e. The fourth-order valence-electron chi connectivity index (χ4n) is 2.27. The van der Waals surface area contributed by atoms with E-state index >= 15 is 0 Å². The highest BCUT2D eigenvalue weighted by molar-refractivity contribution is 5.87. The summed E-state index contributed by atoms with van der Waals surface area (Å²) in [6.07, 6.45) is 2.66. The Labute approximate surface area is 117 Å². The number of anilines is 2. The largest absolute Gasteiger partial charge is 0.384 e. The zero-order chi connectivity index (χ0) is 13.8. The van der Waals surface area contributed by atoms with Crippen LogP contribution in [-0.2, 0) is 6.42 Å². The van der Waals surface area contributed by atoms with Gasteiger partial charge in [0.1, 0.15) is 12.1 Å². The van der Waals surface area contributed by atoms with E-state index in [-0.39, 0.29) is 0 Å². The maximum absolute atomic E-state index is 5.61. The molecule has 20 heavy (non-hydrogen) atoms. The third kappa shape index (κ3) is 2.54. The Morgan fingerprint density at radius 3 is 2.60 bits per heavy atom. The Morgan fingerprint density at radius 1 is 0.950 bits per heavy atom. The second kappa shape index (κ2) is 5.57. The van der Waals surface area contributed by atoms with E-state index in [0.717, 1.165) is 17.4 Å². The summed E-state index contributed by atoms with van der Waals surface area (Å²) in [6, 6.07) is 16.1. The minimum absolute atomic E-state index is 0.538. The molecule has 0 aliphatic carbocycles. The van der Waals surface area contributed by atoms with E-state index in [9.17, 15) is 0 Å². The van der Waals surface area contributed by atoms with Crippen LogP contribution in [0.5, 0.6) is 0 Å². The molecule has 4 nitrogen and oxygen atoms in total. The second-order valence-corrected chi connectivity index (χ2v) is 4.61. The van der Waals surface area contributed by atoms with E-state index in [4.69, 9.17) is 5.73 Å². The summed E-state index contributed by atoms with van der Waals surface area (Å²) >= 11 is 0. The molecule has 0 radical (unpaired) electrons. The molecule has 0 unspecified atom stereocenters. The lowest BCUT2D eigenvalue weighted by Crippen LogP contribution is -1.91. The fourth-order valence-corrected chi connectivity index (χ4v) is 2.27. The van der Waals surface area contributed by atoms with Gasteiger partial charge in [-0.05, 0) is 30.2 Å². The Hall–Kier alpha value is -2.62. The summed E-state index contributed by atoms with van der Waals surface area (Å²) in [7, 11) is 0. The van der Waals surface area contributed by atoms with Gasteiger partial charge in [-0.2, -0.15) is 0 Å². The minimum atomic E-state index is 0.538. The van der Waals surface area contributed by atoms with Crippen LogP contribution in [0.3, 0.4) is 0 Å². The first-order valence-electron chi connectivity index (χ1n) is 6.61. The van der Waals surface area contributed by atoms with Gasteiger partial charge in [-0.25, -0.2) is 9.97 Å². The molecule has 1 aromatic heterocycles. The summed E-state index contributed by atoms with van der Waals surface area (Å²) < 4.78 is 0. The van der Waals surface area contributed by atoms with E-state index in [1.165, 1.54) is 24.0 Å². The molecule has 0 atom stereocenters. The predicted octanol–water partition coefficient (Wildman–Crippen LogP) is 2.87. The third-order valence-electron chi connectivity index (χ3n) is 3.30. The van der Waals surface area contributed by atoms with Crippen LogP contribution in [0.1, 0.15) is 5.56 Å². The van der Waals surface area contributed by atoms with Crippen molar-refractivity contribution in [2.45, 2.75) is 6.42 Å². The van der Waals surface area contributed by atoms with Crippen molar-refractivity contribution >= 4 is 22.4 Å². The van der Waals surface area contributed by atoms with Crippen LogP contribution in [0, 0.1) is 0 Å². The maximum Gasteiger partial charge on any atom is 0.134 e. The molecule has 4 rings (SSSR count). The molecule has 3 aromatic rings. The topological polar surface area (TPSA) is 63.8 Å². The normalized spacial score (nSPS) is 12.2. The van der Waals surface area contributed by atoms with Crippen molar-refractivity contribution in [1.29, 1.82) is 0 Å². The molecule has 1 aliphatic heterocycles. The van der Waals surface area contributed by atoms with Crippen molar-refractivity contribution < 1.29 is 0 Å². The lowest BCUT2D eigenvalue weighted by molar-refractivity contribution is 1.11. The van der Waals surface area contributed by atoms with Crippen LogP contribution >= 0.6 is 0 Å². The van der Waals surface area contributed by atoms with Crippen LogP contribution in [0.2, 0.25) is 0 Å². The summed E-state index contributed by atoms with van der Waals surface area (Å²) in [5, 5.41) is 4.21. The van der Waals surface area contributed by atoms with Crippen molar-refractivity contribution in [3.05, 3.63) is 60.4 Å². The van der Waals surface area contributed by atoms with E-state index in [2.05, 4.69) is 39.6 Å². The van der Waals surface area contributed by atoms with Gasteiger partial charge in [-0.1, -0.05) is 30.3 Å². The average Bonchev–Trinajstić information content (AvgIpc) is 2.97. The highest BCUT2D eigenvalue weighted by Gasteiger charge is 2.05. The molecule has 1 aliphatic rings. The van der Waals surface area contributed by atoms with E-state index in [1.807, 2.05) is 24.3 Å². The monoisotopic (exact) mass is 264 g/mol. The predicted molar refractivity (Wildman–Crippen MR) is 82.6 cm³/mol. The minimum Gasteiger partial charge on any atom is -0.384 e. The molecule has 4 heteroatoms. The Bertz CT molecular complexity index is 696. The van der Waals surface area contributed by atoms with Gasteiger partial charge in [0.05, 0.1) is 5.52 Å². The standard InChI is InChI=1S/C8H7N3.C8H9N/c9-8-6-3-1-2-4-7(6)10-5-11-8;1-2-4-8-7(3-1)5-6-9-8/h1-5H,(H2,9,10,11);1-4,9H,5-6H2. The Morgan fingerprint density at radius 2 is 1.75 bits per heavy atom. The number of aromatic nitrogens is 2. The van der Waals surface area contributed by atoms with Crippen LogP contribution in [0.25, 0.3) is 10.9 Å². The van der Waals surface area contributed by atoms with Crippen LogP contribution in [0.15, 0.2) is 54.9 Å². The highest BCUT2D eigenvalue weighted by atomic mass is 14.9. The second-order valence-electron chi connectivity index (χ2n) is 4.61. The van der Waals surface area contributed by atoms with Crippen molar-refractivity contribution in [1.82, 2.24) is 9.97 Å². The summed E-state index contributed by atoms with van der Waals surface area (Å²) in [5.41, 5.74) is 9.27. The number of fused-ring (bicyclic) bond motifs is 2. The molecule has 0 saturated heterocycles. The number of nitrogens with two attached hydrogens (primary N) is 1. The zero-order valence-corrected chi connectivity index (χ0v) is 11.1. The lowest BCUT2D eigenvalue weighted by Gasteiger charge is -1.96. The summed E-state index contributed by atoms with van der Waals surface area (Å²) in [4.78, 5) is 7.92. The van der Waals surface area contributed by atoms with Crippen molar-refractivity contribution in [2.75, 3.05) is 17.6 Å². The number of nitrogen functional groups attached to an aromatic ring is 1. The van der Waals surface area contributed by atoms with Gasteiger partial charge in [-0.3, -0.25) is 0 Å². The third-order valence-corrected chi connectivity index (χ3v) is 3.30. The first-order valence-corrected chi connectivity index (χ1v) is 6.61. The van der Waals surface area contributed by atoms with Gasteiger partial charge in [0.15, 0.2) is 0 Å². The molecule has 0 amide bonds. The average molecular weight is 264 g/mol. The van der Waals surface area contributed by atoms with Gasteiger partial charge >= 0.3 is 0 Å². The van der Waals surface area contributed by atoms with Crippen molar-refractivity contribution in [2.24, 2.45) is 0 Å². The fraction of sp³-hybridized carbons (Fsp3) is 0.125. The number of rotatable bonds is 0. The van der Waals surface area contributed by atoms with Gasteiger partial charge in [-0.15, -0.1) is 0 Å². The number of hydrogen-bond donors (Lipinski definition) is 2. The quantitative estimate of drug-likeness (QED) is 0.655. The van der Waals surface area contributed by atoms with Crippen LogP contribution in [-0.4, -0.2) is 16.5 Å². The lowest BCUT2D eigenvalue weighted by atomic mass is 10.2. The van der Waals surface area contributed by atoms with E-state index < -0.39 is 0 Å². The van der Waals surface area contributed by atoms with Gasteiger partial charge in [0.25, 0.3) is 0 Å². The molecule has 3 N–H and O–H groups in total. The van der Waals surface area contributed by atoms with E-state index in [0.29, 0.717) is 5.82 Å². The summed E-state index contributed by atoms with van der Waals surface area (Å²) in [6.45, 7) is 1.11. The van der Waals surface area contributed by atoms with Gasteiger partial charge < -0.3 is 11.1 Å². The number of hydrogen-bond acceptors (Lipinski definition) is 4. The maximum atomic E-state index is 5.61. The van der Waals surface area contributed by atoms with Crippen molar-refractivity contribution in [3.8, 4) is 0 Å². The Kier molecular flexibility index (Phi) is 3.46. The molecule has 2 heterocycles. The van der Waals surface area contributed by atoms with E-state index in [1.54, 1.807) is 0 Å². The zero-order valence-electron chi connectivity index (χ0n) is 11.1. The number of nitrogens with zero attached hydrogens (tertiary/aromatic N) is 2. The molecule has 0 fully saturated rings. The SMILES string of the molecule is Nc1ncnc2ccccc12.c1ccc2c(c1)CCN2. The molecule has 0 bridgehead atoms. The molecular weight excluding hydrogens is 248 g/mol. The Balaban J connectivity index is 0.000000123.